The first-order valence-electron chi connectivity index (χ1n) is 7.70. The molecule has 3 nitrogen and oxygen atoms in total. The molecule has 4 aromatic rings. The lowest BCUT2D eigenvalue weighted by molar-refractivity contribution is 1.41. The zero-order valence-electron chi connectivity index (χ0n) is 12.9. The van der Waals surface area contributed by atoms with Gasteiger partial charge < -0.3 is 10.6 Å². The number of hydrogen-bond donors (Lipinski definition) is 2. The van der Waals surface area contributed by atoms with Gasteiger partial charge in [0, 0.05) is 28.3 Å². The molecule has 0 spiro atoms. The van der Waals surface area contributed by atoms with E-state index in [9.17, 15) is 0 Å². The Morgan fingerprint density at radius 2 is 1.62 bits per heavy atom. The Morgan fingerprint density at radius 1 is 0.792 bits per heavy atom. The average Bonchev–Trinajstić information content (AvgIpc) is 2.62. The molecule has 2 N–H and O–H groups in total. The van der Waals surface area contributed by atoms with Gasteiger partial charge in [-0.3, -0.25) is 4.98 Å². The van der Waals surface area contributed by atoms with Gasteiger partial charge in [-0.25, -0.2) is 0 Å². The molecule has 3 aromatic carbocycles. The van der Waals surface area contributed by atoms with E-state index in [0.717, 1.165) is 27.7 Å². The minimum absolute atomic E-state index is 0.564. The van der Waals surface area contributed by atoms with Crippen LogP contribution in [-0.2, 0) is 0 Å². The van der Waals surface area contributed by atoms with Gasteiger partial charge in [0.05, 0.1) is 5.52 Å². The topological polar surface area (TPSA) is 37.0 Å². The standard InChI is InChI=1S/C20H15N3S/c24-20(22-16-10-11-18-15(13-16)7-4-12-21-18)23-19-9-3-6-14-5-1-2-8-17(14)19/h1-13H,(H2,22,23,24). The molecule has 0 aliphatic carbocycles. The van der Waals surface area contributed by atoms with Crippen LogP contribution in [0.25, 0.3) is 21.7 Å². The van der Waals surface area contributed by atoms with Gasteiger partial charge in [-0.15, -0.1) is 0 Å². The maximum atomic E-state index is 5.47. The normalized spacial score (nSPS) is 10.7. The lowest BCUT2D eigenvalue weighted by Crippen LogP contribution is -2.19. The minimum Gasteiger partial charge on any atom is -0.332 e. The molecule has 0 amide bonds. The molecular formula is C20H15N3S. The molecule has 0 radical (unpaired) electrons. The van der Waals surface area contributed by atoms with Crippen LogP contribution in [0, 0.1) is 0 Å². The molecule has 1 aromatic heterocycles. The van der Waals surface area contributed by atoms with Crippen LogP contribution in [0.3, 0.4) is 0 Å². The van der Waals surface area contributed by atoms with E-state index >= 15 is 0 Å². The van der Waals surface area contributed by atoms with Crippen molar-refractivity contribution in [1.29, 1.82) is 0 Å². The Kier molecular flexibility index (Phi) is 3.81. The van der Waals surface area contributed by atoms with Crippen molar-refractivity contribution < 1.29 is 0 Å². The van der Waals surface area contributed by atoms with Crippen molar-refractivity contribution in [3.8, 4) is 0 Å². The summed E-state index contributed by atoms with van der Waals surface area (Å²) in [5, 5.41) is 10.5. The van der Waals surface area contributed by atoms with Crippen molar-refractivity contribution in [3.05, 3.63) is 79.0 Å². The van der Waals surface area contributed by atoms with E-state index < -0.39 is 0 Å². The van der Waals surface area contributed by atoms with Crippen LogP contribution in [0.1, 0.15) is 0 Å². The summed E-state index contributed by atoms with van der Waals surface area (Å²) in [5.74, 6) is 0. The number of pyridine rings is 1. The van der Waals surface area contributed by atoms with Crippen LogP contribution in [0.5, 0.6) is 0 Å². The molecule has 0 saturated heterocycles. The second kappa shape index (κ2) is 6.26. The zero-order valence-corrected chi connectivity index (χ0v) is 13.7. The van der Waals surface area contributed by atoms with Crippen LogP contribution in [0.2, 0.25) is 0 Å². The molecular weight excluding hydrogens is 314 g/mol. The Labute approximate surface area is 145 Å². The molecule has 1 heterocycles. The monoisotopic (exact) mass is 329 g/mol. The molecule has 24 heavy (non-hydrogen) atoms. The zero-order chi connectivity index (χ0) is 16.4. The van der Waals surface area contributed by atoms with Crippen LogP contribution in [-0.4, -0.2) is 10.1 Å². The first kappa shape index (κ1) is 14.6. The minimum atomic E-state index is 0.564. The fourth-order valence-corrected chi connectivity index (χ4v) is 3.00. The average molecular weight is 329 g/mol. The van der Waals surface area contributed by atoms with E-state index in [1.165, 1.54) is 5.39 Å². The van der Waals surface area contributed by atoms with Gasteiger partial charge in [0.25, 0.3) is 0 Å². The number of hydrogen-bond acceptors (Lipinski definition) is 2. The van der Waals surface area contributed by atoms with Crippen LogP contribution < -0.4 is 10.6 Å². The number of fused-ring (bicyclic) bond motifs is 2. The third kappa shape index (κ3) is 2.92. The summed E-state index contributed by atoms with van der Waals surface area (Å²) < 4.78 is 0. The number of rotatable bonds is 2. The molecule has 0 fully saturated rings. The van der Waals surface area contributed by atoms with Crippen molar-refractivity contribution in [3.63, 3.8) is 0 Å². The molecule has 0 aliphatic rings. The summed E-state index contributed by atoms with van der Waals surface area (Å²) in [4.78, 5) is 4.33. The van der Waals surface area contributed by atoms with Crippen LogP contribution in [0.4, 0.5) is 11.4 Å². The molecule has 0 aliphatic heterocycles. The summed E-state index contributed by atoms with van der Waals surface area (Å²) in [7, 11) is 0. The van der Waals surface area contributed by atoms with Gasteiger partial charge in [0.1, 0.15) is 0 Å². The molecule has 0 unspecified atom stereocenters. The fraction of sp³-hybridized carbons (Fsp3) is 0. The Bertz CT molecular complexity index is 1040. The molecule has 116 valence electrons. The SMILES string of the molecule is S=C(Nc1ccc2ncccc2c1)Nc1cccc2ccccc12. The largest absolute Gasteiger partial charge is 0.332 e. The number of nitrogens with zero attached hydrogens (tertiary/aromatic N) is 1. The Morgan fingerprint density at radius 3 is 2.58 bits per heavy atom. The summed E-state index contributed by atoms with van der Waals surface area (Å²) in [6, 6.07) is 24.3. The quantitative estimate of drug-likeness (QED) is 0.496. The number of benzene rings is 3. The lowest BCUT2D eigenvalue weighted by atomic mass is 10.1. The van der Waals surface area contributed by atoms with Gasteiger partial charge in [0.15, 0.2) is 5.11 Å². The maximum Gasteiger partial charge on any atom is 0.175 e. The second-order valence-corrected chi connectivity index (χ2v) is 5.92. The van der Waals surface area contributed by atoms with Crippen molar-refractivity contribution in [2.75, 3.05) is 10.6 Å². The van der Waals surface area contributed by atoms with E-state index in [0.29, 0.717) is 5.11 Å². The third-order valence-corrected chi connectivity index (χ3v) is 4.10. The van der Waals surface area contributed by atoms with E-state index in [-0.39, 0.29) is 0 Å². The van der Waals surface area contributed by atoms with Gasteiger partial charge in [-0.05, 0) is 47.9 Å². The van der Waals surface area contributed by atoms with Gasteiger partial charge in [-0.2, -0.15) is 0 Å². The summed E-state index contributed by atoms with van der Waals surface area (Å²) in [5.41, 5.74) is 2.90. The van der Waals surface area contributed by atoms with Crippen molar-refractivity contribution >= 4 is 50.4 Å². The number of anilines is 2. The lowest BCUT2D eigenvalue weighted by Gasteiger charge is -2.13. The smallest absolute Gasteiger partial charge is 0.175 e. The highest BCUT2D eigenvalue weighted by Gasteiger charge is 2.04. The molecule has 0 saturated carbocycles. The summed E-state index contributed by atoms with van der Waals surface area (Å²) >= 11 is 5.47. The highest BCUT2D eigenvalue weighted by atomic mass is 32.1. The number of nitrogens with one attached hydrogen (secondary N) is 2. The first-order chi connectivity index (χ1) is 11.8. The Balaban J connectivity index is 1.57. The maximum absolute atomic E-state index is 5.47. The highest BCUT2D eigenvalue weighted by molar-refractivity contribution is 7.80. The summed E-state index contributed by atoms with van der Waals surface area (Å²) in [6.07, 6.45) is 1.79. The van der Waals surface area contributed by atoms with Crippen molar-refractivity contribution in [1.82, 2.24) is 4.98 Å². The molecule has 4 heteroatoms. The molecule has 0 atom stereocenters. The van der Waals surface area contributed by atoms with Gasteiger partial charge >= 0.3 is 0 Å². The van der Waals surface area contributed by atoms with E-state index in [1.54, 1.807) is 6.20 Å². The first-order valence-corrected chi connectivity index (χ1v) is 8.11. The summed E-state index contributed by atoms with van der Waals surface area (Å²) in [6.45, 7) is 0. The van der Waals surface area contributed by atoms with Crippen LogP contribution >= 0.6 is 12.2 Å². The van der Waals surface area contributed by atoms with E-state index in [2.05, 4.69) is 33.8 Å². The predicted octanol–water partition coefficient (Wildman–Crippen LogP) is 5.20. The molecule has 4 rings (SSSR count). The van der Waals surface area contributed by atoms with Crippen LogP contribution in [0.15, 0.2) is 79.0 Å². The van der Waals surface area contributed by atoms with Gasteiger partial charge in [0.2, 0.25) is 0 Å². The predicted molar refractivity (Wildman–Crippen MR) is 106 cm³/mol. The fourth-order valence-electron chi connectivity index (χ4n) is 2.77. The van der Waals surface area contributed by atoms with Crippen molar-refractivity contribution in [2.45, 2.75) is 0 Å². The second-order valence-electron chi connectivity index (χ2n) is 5.52. The molecule has 0 bridgehead atoms. The Hall–Kier alpha value is -2.98. The third-order valence-electron chi connectivity index (χ3n) is 3.90. The van der Waals surface area contributed by atoms with Gasteiger partial charge in [-0.1, -0.05) is 42.5 Å². The number of aromatic nitrogens is 1. The van der Waals surface area contributed by atoms with E-state index in [1.807, 2.05) is 54.6 Å². The van der Waals surface area contributed by atoms with Crippen molar-refractivity contribution in [2.24, 2.45) is 0 Å². The highest BCUT2D eigenvalue weighted by Crippen LogP contribution is 2.23. The number of thiocarbonyl (C=S) groups is 1. The van der Waals surface area contributed by atoms with E-state index in [4.69, 9.17) is 12.2 Å².